The minimum atomic E-state index is -4.69. The Morgan fingerprint density at radius 1 is 1.26 bits per heavy atom. The van der Waals surface area contributed by atoms with Crippen molar-refractivity contribution in [3.8, 4) is 0 Å². The summed E-state index contributed by atoms with van der Waals surface area (Å²) in [6, 6.07) is 3.56. The third-order valence-corrected chi connectivity index (χ3v) is 6.20. The van der Waals surface area contributed by atoms with Crippen molar-refractivity contribution in [2.24, 2.45) is 5.73 Å². The van der Waals surface area contributed by atoms with Crippen LogP contribution in [-0.4, -0.2) is 61.1 Å². The Morgan fingerprint density at radius 2 is 1.97 bits per heavy atom. The molecule has 170 valence electrons. The highest BCUT2D eigenvalue weighted by Crippen LogP contribution is 2.40. The molecule has 1 aromatic carbocycles. The van der Waals surface area contributed by atoms with Crippen LogP contribution in [0.2, 0.25) is 0 Å². The predicted molar refractivity (Wildman–Crippen MR) is 109 cm³/mol. The van der Waals surface area contributed by atoms with Crippen molar-refractivity contribution in [3.05, 3.63) is 23.8 Å². The summed E-state index contributed by atoms with van der Waals surface area (Å²) >= 11 is 0. The summed E-state index contributed by atoms with van der Waals surface area (Å²) in [6.45, 7) is 0.0515. The highest BCUT2D eigenvalue weighted by molar-refractivity contribution is 5.98. The summed E-state index contributed by atoms with van der Waals surface area (Å²) in [5, 5.41) is 2.62. The SMILES string of the molecule is NC[C@H](C(=O)Nc1ccc(N2CCOCC2=O)c(C(F)(F)F)c1)N(C1CCC1)C1CC1. The van der Waals surface area contributed by atoms with Gasteiger partial charge in [-0.1, -0.05) is 6.42 Å². The standard InChI is InChI=1S/C21H27F3N4O3/c22-21(23,24)16-10-13(4-7-17(16)27-8-9-31-12-19(27)29)26-20(30)18(11-25)28(15-5-6-15)14-2-1-3-14/h4,7,10,14-15,18H,1-3,5-6,8-9,11-12,25H2,(H,26,30)/t18-/m1/s1. The van der Waals surface area contributed by atoms with E-state index < -0.39 is 29.6 Å². The molecule has 0 unspecified atom stereocenters. The van der Waals surface area contributed by atoms with E-state index in [4.69, 9.17) is 10.5 Å². The van der Waals surface area contributed by atoms with Crippen LogP contribution in [-0.2, 0) is 20.5 Å². The van der Waals surface area contributed by atoms with E-state index >= 15 is 0 Å². The second-order valence-corrected chi connectivity index (χ2v) is 8.33. The van der Waals surface area contributed by atoms with Gasteiger partial charge < -0.3 is 20.7 Å². The molecule has 3 fully saturated rings. The van der Waals surface area contributed by atoms with Gasteiger partial charge in [0.1, 0.15) is 12.6 Å². The first-order valence-corrected chi connectivity index (χ1v) is 10.7. The summed E-state index contributed by atoms with van der Waals surface area (Å²) in [5.74, 6) is -0.929. The monoisotopic (exact) mass is 440 g/mol. The molecule has 2 amide bonds. The van der Waals surface area contributed by atoms with Crippen LogP contribution < -0.4 is 16.0 Å². The topological polar surface area (TPSA) is 87.9 Å². The maximum absolute atomic E-state index is 13.8. The van der Waals surface area contributed by atoms with E-state index in [9.17, 15) is 22.8 Å². The fourth-order valence-electron chi connectivity index (χ4n) is 4.30. The van der Waals surface area contributed by atoms with E-state index in [0.29, 0.717) is 12.1 Å². The fourth-order valence-corrected chi connectivity index (χ4v) is 4.30. The van der Waals surface area contributed by atoms with Crippen molar-refractivity contribution < 1.29 is 27.5 Å². The normalized spacial score (nSPS) is 21.2. The Balaban J connectivity index is 1.56. The Hall–Kier alpha value is -2.17. The second-order valence-electron chi connectivity index (χ2n) is 8.33. The zero-order valence-corrected chi connectivity index (χ0v) is 17.2. The van der Waals surface area contributed by atoms with Gasteiger partial charge in [-0.25, -0.2) is 0 Å². The van der Waals surface area contributed by atoms with E-state index in [0.717, 1.165) is 43.1 Å². The average molecular weight is 440 g/mol. The van der Waals surface area contributed by atoms with Crippen LogP contribution in [0.3, 0.4) is 0 Å². The first-order chi connectivity index (χ1) is 14.8. The molecule has 0 radical (unpaired) electrons. The second kappa shape index (κ2) is 8.76. The number of nitrogens with one attached hydrogen (secondary N) is 1. The Bertz CT molecular complexity index is 840. The zero-order chi connectivity index (χ0) is 22.2. The number of hydrogen-bond acceptors (Lipinski definition) is 5. The van der Waals surface area contributed by atoms with Gasteiger partial charge in [0.2, 0.25) is 5.91 Å². The number of carbonyl (C=O) groups excluding carboxylic acids is 2. The smallest absolute Gasteiger partial charge is 0.370 e. The van der Waals surface area contributed by atoms with E-state index in [1.165, 1.54) is 12.1 Å². The van der Waals surface area contributed by atoms with Gasteiger partial charge in [0, 0.05) is 30.9 Å². The molecule has 1 atom stereocenters. The molecule has 2 saturated carbocycles. The number of morpholine rings is 1. The van der Waals surface area contributed by atoms with Crippen LogP contribution in [0.4, 0.5) is 24.5 Å². The molecule has 0 aromatic heterocycles. The highest BCUT2D eigenvalue weighted by Gasteiger charge is 2.43. The number of hydrogen-bond donors (Lipinski definition) is 2. The number of nitrogens with zero attached hydrogens (tertiary/aromatic N) is 2. The minimum Gasteiger partial charge on any atom is -0.370 e. The Labute approximate surface area is 178 Å². The quantitative estimate of drug-likeness (QED) is 0.680. The summed E-state index contributed by atoms with van der Waals surface area (Å²) in [4.78, 5) is 28.3. The Kier molecular flexibility index (Phi) is 6.23. The average Bonchev–Trinajstić information content (AvgIpc) is 3.51. The number of anilines is 2. The maximum atomic E-state index is 13.8. The van der Waals surface area contributed by atoms with Crippen molar-refractivity contribution in [2.45, 2.75) is 56.4 Å². The van der Waals surface area contributed by atoms with Crippen LogP contribution in [0.5, 0.6) is 0 Å². The molecule has 7 nitrogen and oxygen atoms in total. The van der Waals surface area contributed by atoms with Crippen LogP contribution >= 0.6 is 0 Å². The Morgan fingerprint density at radius 3 is 2.52 bits per heavy atom. The number of alkyl halides is 3. The molecule has 0 spiro atoms. The largest absolute Gasteiger partial charge is 0.418 e. The van der Waals surface area contributed by atoms with Crippen molar-refractivity contribution in [1.82, 2.24) is 4.90 Å². The molecule has 1 aliphatic heterocycles. The lowest BCUT2D eigenvalue weighted by Gasteiger charge is -2.41. The summed E-state index contributed by atoms with van der Waals surface area (Å²) in [5.41, 5.74) is 4.74. The van der Waals surface area contributed by atoms with Gasteiger partial charge >= 0.3 is 6.18 Å². The number of halogens is 3. The van der Waals surface area contributed by atoms with Crippen LogP contribution in [0.15, 0.2) is 18.2 Å². The third-order valence-electron chi connectivity index (χ3n) is 6.20. The minimum absolute atomic E-state index is 0.0320. The van der Waals surface area contributed by atoms with Crippen molar-refractivity contribution in [2.75, 3.05) is 36.5 Å². The number of benzene rings is 1. The molecular formula is C21H27F3N4O3. The van der Waals surface area contributed by atoms with Gasteiger partial charge in [-0.05, 0) is 43.9 Å². The van der Waals surface area contributed by atoms with Gasteiger partial charge in [-0.2, -0.15) is 13.2 Å². The molecule has 2 aliphatic carbocycles. The molecular weight excluding hydrogens is 413 g/mol. The van der Waals surface area contributed by atoms with Gasteiger partial charge in [0.05, 0.1) is 17.9 Å². The maximum Gasteiger partial charge on any atom is 0.418 e. The highest BCUT2D eigenvalue weighted by atomic mass is 19.4. The molecule has 10 heteroatoms. The van der Waals surface area contributed by atoms with Crippen LogP contribution in [0.1, 0.15) is 37.7 Å². The lowest BCUT2D eigenvalue weighted by Crippen LogP contribution is -2.55. The summed E-state index contributed by atoms with van der Waals surface area (Å²) in [6.07, 6.45) is 0.487. The fraction of sp³-hybridized carbons (Fsp3) is 0.619. The molecule has 1 heterocycles. The molecule has 4 rings (SSSR count). The van der Waals surface area contributed by atoms with Gasteiger partial charge in [-0.3, -0.25) is 14.5 Å². The first kappa shape index (κ1) is 22.0. The molecule has 1 aromatic rings. The summed E-state index contributed by atoms with van der Waals surface area (Å²) < 4.78 is 46.3. The third kappa shape index (κ3) is 4.70. The van der Waals surface area contributed by atoms with Crippen molar-refractivity contribution in [3.63, 3.8) is 0 Å². The lowest BCUT2D eigenvalue weighted by molar-refractivity contribution is -0.137. The van der Waals surface area contributed by atoms with Crippen LogP contribution in [0, 0.1) is 0 Å². The zero-order valence-electron chi connectivity index (χ0n) is 17.2. The molecule has 31 heavy (non-hydrogen) atoms. The van der Waals surface area contributed by atoms with Crippen molar-refractivity contribution >= 4 is 23.2 Å². The summed E-state index contributed by atoms with van der Waals surface area (Å²) in [7, 11) is 0. The number of rotatable bonds is 7. The van der Waals surface area contributed by atoms with Gasteiger partial charge in [0.15, 0.2) is 0 Å². The van der Waals surface area contributed by atoms with Gasteiger partial charge in [0.25, 0.3) is 5.91 Å². The number of amides is 2. The van der Waals surface area contributed by atoms with E-state index in [-0.39, 0.29) is 37.7 Å². The molecule has 3 aliphatic rings. The van der Waals surface area contributed by atoms with Crippen LogP contribution in [0.25, 0.3) is 0 Å². The molecule has 0 bridgehead atoms. The number of carbonyl (C=O) groups is 2. The van der Waals surface area contributed by atoms with E-state index in [1.54, 1.807) is 0 Å². The van der Waals surface area contributed by atoms with E-state index in [2.05, 4.69) is 10.2 Å². The molecule has 3 N–H and O–H groups in total. The number of nitrogens with two attached hydrogens (primary N) is 1. The number of ether oxygens (including phenoxy) is 1. The first-order valence-electron chi connectivity index (χ1n) is 10.7. The predicted octanol–water partition coefficient (Wildman–Crippen LogP) is 2.35. The van der Waals surface area contributed by atoms with Gasteiger partial charge in [-0.15, -0.1) is 0 Å². The molecule has 1 saturated heterocycles. The van der Waals surface area contributed by atoms with E-state index in [1.807, 2.05) is 0 Å². The lowest BCUT2D eigenvalue weighted by atomic mass is 9.90. The van der Waals surface area contributed by atoms with Crippen molar-refractivity contribution in [1.29, 1.82) is 0 Å².